The van der Waals surface area contributed by atoms with E-state index in [1.165, 1.54) is 7.11 Å². The third-order valence-electron chi connectivity index (χ3n) is 3.03. The maximum Gasteiger partial charge on any atom is 0.254 e. The third kappa shape index (κ3) is 1.75. The smallest absolute Gasteiger partial charge is 0.254 e. The standard InChI is InChI=1S/C12H12N4O2/c1-18-10-6-5-9(15-16-10)11-13-8-4-2-3-7(8)12(17)14-11/h5-6H,2-4H2,1H3,(H,13,14,17). The maximum absolute atomic E-state index is 11.9. The van der Waals surface area contributed by atoms with Crippen molar-refractivity contribution in [2.24, 2.45) is 0 Å². The summed E-state index contributed by atoms with van der Waals surface area (Å²) < 4.78 is 4.94. The van der Waals surface area contributed by atoms with Gasteiger partial charge in [-0.2, -0.15) is 0 Å². The Morgan fingerprint density at radius 1 is 1.28 bits per heavy atom. The van der Waals surface area contributed by atoms with Crippen molar-refractivity contribution in [2.45, 2.75) is 19.3 Å². The predicted molar refractivity (Wildman–Crippen MR) is 64.5 cm³/mol. The van der Waals surface area contributed by atoms with Crippen molar-refractivity contribution in [3.05, 3.63) is 33.7 Å². The van der Waals surface area contributed by atoms with Gasteiger partial charge in [-0.15, -0.1) is 10.2 Å². The maximum atomic E-state index is 11.9. The van der Waals surface area contributed by atoms with Gasteiger partial charge in [-0.3, -0.25) is 4.79 Å². The van der Waals surface area contributed by atoms with Crippen LogP contribution >= 0.6 is 0 Å². The molecule has 1 aliphatic carbocycles. The van der Waals surface area contributed by atoms with Crippen LogP contribution in [0.25, 0.3) is 11.5 Å². The lowest BCUT2D eigenvalue weighted by molar-refractivity contribution is 0.392. The number of aryl methyl sites for hydroxylation is 1. The molecule has 0 fully saturated rings. The topological polar surface area (TPSA) is 80.8 Å². The largest absolute Gasteiger partial charge is 0.480 e. The van der Waals surface area contributed by atoms with E-state index >= 15 is 0 Å². The Balaban J connectivity index is 2.06. The first-order valence-corrected chi connectivity index (χ1v) is 5.78. The summed E-state index contributed by atoms with van der Waals surface area (Å²) in [6, 6.07) is 3.42. The van der Waals surface area contributed by atoms with Crippen LogP contribution < -0.4 is 10.3 Å². The second-order valence-electron chi connectivity index (χ2n) is 4.15. The molecule has 2 aromatic rings. The highest BCUT2D eigenvalue weighted by molar-refractivity contribution is 5.49. The Morgan fingerprint density at radius 3 is 2.89 bits per heavy atom. The minimum atomic E-state index is -0.0647. The molecular weight excluding hydrogens is 232 g/mol. The Bertz CT molecular complexity index is 634. The number of hydrogen-bond acceptors (Lipinski definition) is 5. The summed E-state index contributed by atoms with van der Waals surface area (Å²) in [6.45, 7) is 0. The average molecular weight is 244 g/mol. The van der Waals surface area contributed by atoms with Crippen molar-refractivity contribution < 1.29 is 4.74 Å². The number of aromatic nitrogens is 4. The van der Waals surface area contributed by atoms with Gasteiger partial charge in [0.15, 0.2) is 5.82 Å². The molecule has 6 nitrogen and oxygen atoms in total. The zero-order valence-electron chi connectivity index (χ0n) is 9.93. The van der Waals surface area contributed by atoms with Gasteiger partial charge in [0.1, 0.15) is 5.69 Å². The number of ether oxygens (including phenoxy) is 1. The fourth-order valence-electron chi connectivity index (χ4n) is 2.12. The molecule has 0 atom stereocenters. The molecule has 0 unspecified atom stereocenters. The van der Waals surface area contributed by atoms with Gasteiger partial charge >= 0.3 is 0 Å². The number of methoxy groups -OCH3 is 1. The lowest BCUT2D eigenvalue weighted by Crippen LogP contribution is -2.15. The van der Waals surface area contributed by atoms with Crippen LogP contribution in [0.2, 0.25) is 0 Å². The monoisotopic (exact) mass is 244 g/mol. The molecule has 92 valence electrons. The second-order valence-corrected chi connectivity index (χ2v) is 4.15. The predicted octanol–water partition coefficient (Wildman–Crippen LogP) is 0.724. The highest BCUT2D eigenvalue weighted by atomic mass is 16.5. The van der Waals surface area contributed by atoms with E-state index < -0.39 is 0 Å². The number of aromatic amines is 1. The van der Waals surface area contributed by atoms with Crippen LogP contribution in [0.3, 0.4) is 0 Å². The van der Waals surface area contributed by atoms with Crippen molar-refractivity contribution in [1.29, 1.82) is 0 Å². The van der Waals surface area contributed by atoms with Gasteiger partial charge in [0.25, 0.3) is 5.56 Å². The number of hydrogen-bond donors (Lipinski definition) is 1. The van der Waals surface area contributed by atoms with Crippen LogP contribution in [-0.4, -0.2) is 27.3 Å². The van der Waals surface area contributed by atoms with Gasteiger partial charge in [-0.25, -0.2) is 4.98 Å². The van der Waals surface area contributed by atoms with Crippen LogP contribution in [0, 0.1) is 0 Å². The lowest BCUT2D eigenvalue weighted by atomic mass is 10.2. The molecule has 3 rings (SSSR count). The SMILES string of the molecule is COc1ccc(-c2nc3c(c(=O)[nH]2)CCC3)nn1. The van der Waals surface area contributed by atoms with Crippen LogP contribution in [0.1, 0.15) is 17.7 Å². The summed E-state index contributed by atoms with van der Waals surface area (Å²) in [7, 11) is 1.53. The van der Waals surface area contributed by atoms with E-state index in [2.05, 4.69) is 20.2 Å². The molecule has 1 N–H and O–H groups in total. The molecule has 2 heterocycles. The zero-order chi connectivity index (χ0) is 12.5. The third-order valence-corrected chi connectivity index (χ3v) is 3.03. The Morgan fingerprint density at radius 2 is 2.17 bits per heavy atom. The Labute approximate surface area is 103 Å². The molecular formula is C12H12N4O2. The minimum Gasteiger partial charge on any atom is -0.480 e. The first-order chi connectivity index (χ1) is 8.78. The molecule has 0 saturated heterocycles. The number of nitrogens with zero attached hydrogens (tertiary/aromatic N) is 3. The van der Waals surface area contributed by atoms with Gasteiger partial charge in [0.05, 0.1) is 12.8 Å². The van der Waals surface area contributed by atoms with Gasteiger partial charge < -0.3 is 9.72 Å². The number of H-pyrrole nitrogens is 1. The average Bonchev–Trinajstić information content (AvgIpc) is 2.88. The summed E-state index contributed by atoms with van der Waals surface area (Å²) in [4.78, 5) is 19.1. The van der Waals surface area contributed by atoms with E-state index in [0.717, 1.165) is 30.5 Å². The van der Waals surface area contributed by atoms with Crippen LogP contribution in [0.15, 0.2) is 16.9 Å². The number of nitrogens with one attached hydrogen (secondary N) is 1. The van der Waals surface area contributed by atoms with Gasteiger partial charge in [0, 0.05) is 11.6 Å². The summed E-state index contributed by atoms with van der Waals surface area (Å²) in [6.07, 6.45) is 2.66. The van der Waals surface area contributed by atoms with E-state index in [4.69, 9.17) is 4.74 Å². The molecule has 0 radical (unpaired) electrons. The molecule has 0 amide bonds. The van der Waals surface area contributed by atoms with E-state index in [-0.39, 0.29) is 5.56 Å². The van der Waals surface area contributed by atoms with Crippen molar-refractivity contribution in [2.75, 3.05) is 7.11 Å². The van der Waals surface area contributed by atoms with Gasteiger partial charge in [0.2, 0.25) is 5.88 Å². The quantitative estimate of drug-likeness (QED) is 0.842. The number of rotatable bonds is 2. The molecule has 6 heteroatoms. The van der Waals surface area contributed by atoms with Crippen LogP contribution in [-0.2, 0) is 12.8 Å². The summed E-state index contributed by atoms with van der Waals surface area (Å²) in [5.74, 6) is 0.901. The van der Waals surface area contributed by atoms with Crippen molar-refractivity contribution in [3.8, 4) is 17.4 Å². The van der Waals surface area contributed by atoms with E-state index in [9.17, 15) is 4.79 Å². The molecule has 0 saturated carbocycles. The highest BCUT2D eigenvalue weighted by Crippen LogP contribution is 2.19. The Hall–Kier alpha value is -2.24. The molecule has 0 aromatic carbocycles. The van der Waals surface area contributed by atoms with E-state index in [0.29, 0.717) is 17.4 Å². The van der Waals surface area contributed by atoms with Crippen LogP contribution in [0.5, 0.6) is 5.88 Å². The summed E-state index contributed by atoms with van der Waals surface area (Å²) in [5.41, 5.74) is 2.17. The molecule has 18 heavy (non-hydrogen) atoms. The summed E-state index contributed by atoms with van der Waals surface area (Å²) >= 11 is 0. The second kappa shape index (κ2) is 4.21. The van der Waals surface area contributed by atoms with Crippen molar-refractivity contribution in [1.82, 2.24) is 20.2 Å². The van der Waals surface area contributed by atoms with Gasteiger partial charge in [-0.05, 0) is 25.3 Å². The zero-order valence-corrected chi connectivity index (χ0v) is 9.93. The summed E-state index contributed by atoms with van der Waals surface area (Å²) in [5, 5.41) is 7.84. The molecule has 0 aliphatic heterocycles. The fraction of sp³-hybridized carbons (Fsp3) is 0.333. The Kier molecular flexibility index (Phi) is 2.55. The molecule has 2 aromatic heterocycles. The molecule has 1 aliphatic rings. The van der Waals surface area contributed by atoms with Gasteiger partial charge in [-0.1, -0.05) is 0 Å². The number of fused-ring (bicyclic) bond motifs is 1. The molecule has 0 spiro atoms. The molecule has 0 bridgehead atoms. The lowest BCUT2D eigenvalue weighted by Gasteiger charge is -2.03. The van der Waals surface area contributed by atoms with Crippen molar-refractivity contribution >= 4 is 0 Å². The van der Waals surface area contributed by atoms with E-state index in [1.54, 1.807) is 12.1 Å². The van der Waals surface area contributed by atoms with Crippen LogP contribution in [0.4, 0.5) is 0 Å². The minimum absolute atomic E-state index is 0.0647. The first-order valence-electron chi connectivity index (χ1n) is 5.78. The normalized spacial score (nSPS) is 13.4. The first kappa shape index (κ1) is 10.9. The fourth-order valence-corrected chi connectivity index (χ4v) is 2.12. The van der Waals surface area contributed by atoms with Crippen molar-refractivity contribution in [3.63, 3.8) is 0 Å². The van der Waals surface area contributed by atoms with E-state index in [1.807, 2.05) is 0 Å². The highest BCUT2D eigenvalue weighted by Gasteiger charge is 2.18.